The molecule has 0 fully saturated rings. The van der Waals surface area contributed by atoms with Crippen molar-refractivity contribution in [2.75, 3.05) is 7.11 Å². The molecule has 21 heavy (non-hydrogen) atoms. The predicted octanol–water partition coefficient (Wildman–Crippen LogP) is 4.11. The standard InChI is InChI=1S/C16H14F2O2S/c1-20-16(19)15(12-4-8-14(18)9-5-12)21-10-11-2-6-13(17)7-3-11/h2-9,15H,10H2,1H3. The first-order valence-electron chi connectivity index (χ1n) is 6.29. The SMILES string of the molecule is COC(=O)C(SCc1ccc(F)cc1)c1ccc(F)cc1. The molecule has 0 aromatic heterocycles. The summed E-state index contributed by atoms with van der Waals surface area (Å²) >= 11 is 1.35. The van der Waals surface area contributed by atoms with E-state index >= 15 is 0 Å². The van der Waals surface area contributed by atoms with Gasteiger partial charge in [0, 0.05) is 5.75 Å². The van der Waals surface area contributed by atoms with Gasteiger partial charge in [-0.15, -0.1) is 11.8 Å². The van der Waals surface area contributed by atoms with Crippen molar-refractivity contribution in [2.45, 2.75) is 11.0 Å². The molecule has 0 spiro atoms. The Balaban J connectivity index is 2.11. The van der Waals surface area contributed by atoms with Crippen molar-refractivity contribution >= 4 is 17.7 Å². The lowest BCUT2D eigenvalue weighted by Crippen LogP contribution is -2.11. The largest absolute Gasteiger partial charge is 0.468 e. The Morgan fingerprint density at radius 3 is 2.10 bits per heavy atom. The van der Waals surface area contributed by atoms with Crippen LogP contribution in [0.3, 0.4) is 0 Å². The molecule has 0 heterocycles. The van der Waals surface area contributed by atoms with Crippen molar-refractivity contribution in [1.29, 1.82) is 0 Å². The van der Waals surface area contributed by atoms with Crippen LogP contribution in [0.2, 0.25) is 0 Å². The highest BCUT2D eigenvalue weighted by Crippen LogP contribution is 2.32. The molecule has 0 amide bonds. The molecule has 2 aromatic carbocycles. The third-order valence-electron chi connectivity index (χ3n) is 2.92. The second kappa shape index (κ2) is 7.22. The van der Waals surface area contributed by atoms with Gasteiger partial charge in [0.1, 0.15) is 16.9 Å². The predicted molar refractivity (Wildman–Crippen MR) is 78.9 cm³/mol. The first kappa shape index (κ1) is 15.5. The van der Waals surface area contributed by atoms with E-state index in [1.165, 1.54) is 43.1 Å². The van der Waals surface area contributed by atoms with Gasteiger partial charge in [-0.05, 0) is 35.4 Å². The minimum atomic E-state index is -0.541. The summed E-state index contributed by atoms with van der Waals surface area (Å²) in [5.74, 6) is -0.524. The lowest BCUT2D eigenvalue weighted by Gasteiger charge is -2.14. The highest BCUT2D eigenvalue weighted by Gasteiger charge is 2.22. The number of benzene rings is 2. The van der Waals surface area contributed by atoms with Gasteiger partial charge in [-0.2, -0.15) is 0 Å². The van der Waals surface area contributed by atoms with E-state index in [-0.39, 0.29) is 11.6 Å². The van der Waals surface area contributed by atoms with Crippen LogP contribution in [0.1, 0.15) is 16.4 Å². The molecule has 0 saturated carbocycles. The molecule has 2 nitrogen and oxygen atoms in total. The van der Waals surface area contributed by atoms with Crippen molar-refractivity contribution in [3.63, 3.8) is 0 Å². The molecule has 110 valence electrons. The fraction of sp³-hybridized carbons (Fsp3) is 0.188. The van der Waals surface area contributed by atoms with Gasteiger partial charge in [0.05, 0.1) is 7.11 Å². The minimum absolute atomic E-state index is 0.299. The van der Waals surface area contributed by atoms with E-state index in [0.717, 1.165) is 5.56 Å². The second-order valence-electron chi connectivity index (χ2n) is 4.39. The second-order valence-corrected chi connectivity index (χ2v) is 5.49. The summed E-state index contributed by atoms with van der Waals surface area (Å²) < 4.78 is 30.6. The summed E-state index contributed by atoms with van der Waals surface area (Å²) in [4.78, 5) is 11.9. The van der Waals surface area contributed by atoms with Gasteiger partial charge in [0.2, 0.25) is 0 Å². The maximum absolute atomic E-state index is 13.0. The summed E-state index contributed by atoms with van der Waals surface area (Å²) in [6.45, 7) is 0. The quantitative estimate of drug-likeness (QED) is 0.778. The van der Waals surface area contributed by atoms with Crippen LogP contribution in [0.25, 0.3) is 0 Å². The first-order chi connectivity index (χ1) is 10.1. The lowest BCUT2D eigenvalue weighted by molar-refractivity contribution is -0.140. The lowest BCUT2D eigenvalue weighted by atomic mass is 10.1. The van der Waals surface area contributed by atoms with Crippen molar-refractivity contribution in [3.8, 4) is 0 Å². The van der Waals surface area contributed by atoms with Gasteiger partial charge in [0.15, 0.2) is 0 Å². The average Bonchev–Trinajstić information content (AvgIpc) is 2.50. The van der Waals surface area contributed by atoms with Crippen LogP contribution in [0, 0.1) is 11.6 Å². The van der Waals surface area contributed by atoms with Crippen LogP contribution in [0.5, 0.6) is 0 Å². The number of carbonyl (C=O) groups excluding carboxylic acids is 1. The molecular weight excluding hydrogens is 294 g/mol. The zero-order valence-corrected chi connectivity index (χ0v) is 12.2. The molecular formula is C16H14F2O2S. The van der Waals surface area contributed by atoms with Gasteiger partial charge >= 0.3 is 5.97 Å². The van der Waals surface area contributed by atoms with Crippen LogP contribution >= 0.6 is 11.8 Å². The Morgan fingerprint density at radius 1 is 1.05 bits per heavy atom. The number of hydrogen-bond acceptors (Lipinski definition) is 3. The van der Waals surface area contributed by atoms with Crippen LogP contribution in [-0.2, 0) is 15.3 Å². The van der Waals surface area contributed by atoms with Gasteiger partial charge in [-0.3, -0.25) is 4.79 Å². The van der Waals surface area contributed by atoms with Gasteiger partial charge in [-0.1, -0.05) is 24.3 Å². The molecule has 0 N–H and O–H groups in total. The van der Waals surface area contributed by atoms with Gasteiger partial charge < -0.3 is 4.74 Å². The van der Waals surface area contributed by atoms with Crippen LogP contribution in [0.15, 0.2) is 48.5 Å². The molecule has 5 heteroatoms. The topological polar surface area (TPSA) is 26.3 Å². The van der Waals surface area contributed by atoms with E-state index in [4.69, 9.17) is 4.74 Å². The Bertz CT molecular complexity index is 597. The highest BCUT2D eigenvalue weighted by molar-refractivity contribution is 7.99. The van der Waals surface area contributed by atoms with Crippen molar-refractivity contribution in [3.05, 3.63) is 71.3 Å². The van der Waals surface area contributed by atoms with E-state index in [0.29, 0.717) is 11.3 Å². The zero-order chi connectivity index (χ0) is 15.2. The van der Waals surface area contributed by atoms with E-state index in [9.17, 15) is 13.6 Å². The summed E-state index contributed by atoms with van der Waals surface area (Å²) in [6.07, 6.45) is 0. The molecule has 0 bridgehead atoms. The molecule has 1 atom stereocenters. The summed E-state index contributed by atoms with van der Waals surface area (Å²) in [5, 5.41) is -0.541. The fourth-order valence-electron chi connectivity index (χ4n) is 1.81. The third-order valence-corrected chi connectivity index (χ3v) is 4.22. The summed E-state index contributed by atoms with van der Waals surface area (Å²) in [5.41, 5.74) is 1.58. The third kappa shape index (κ3) is 4.29. The Kier molecular flexibility index (Phi) is 5.33. The Labute approximate surface area is 126 Å². The number of ether oxygens (including phenoxy) is 1. The smallest absolute Gasteiger partial charge is 0.323 e. The first-order valence-corrected chi connectivity index (χ1v) is 7.34. The normalized spacial score (nSPS) is 12.0. The minimum Gasteiger partial charge on any atom is -0.468 e. The maximum Gasteiger partial charge on any atom is 0.323 e. The number of esters is 1. The monoisotopic (exact) mass is 308 g/mol. The Morgan fingerprint density at radius 2 is 1.57 bits per heavy atom. The van der Waals surface area contributed by atoms with E-state index < -0.39 is 11.2 Å². The molecule has 2 rings (SSSR count). The number of halogens is 2. The summed E-state index contributed by atoms with van der Waals surface area (Å²) in [7, 11) is 1.32. The Hall–Kier alpha value is -1.88. The number of methoxy groups -OCH3 is 1. The summed E-state index contributed by atoms with van der Waals surface area (Å²) in [6, 6.07) is 11.8. The van der Waals surface area contributed by atoms with Gasteiger partial charge in [-0.25, -0.2) is 8.78 Å². The van der Waals surface area contributed by atoms with E-state index in [1.54, 1.807) is 24.3 Å². The maximum atomic E-state index is 13.0. The number of rotatable bonds is 5. The van der Waals surface area contributed by atoms with E-state index in [1.807, 2.05) is 0 Å². The highest BCUT2D eigenvalue weighted by atomic mass is 32.2. The zero-order valence-electron chi connectivity index (χ0n) is 11.4. The van der Waals surface area contributed by atoms with Crippen molar-refractivity contribution in [2.24, 2.45) is 0 Å². The van der Waals surface area contributed by atoms with Crippen LogP contribution < -0.4 is 0 Å². The van der Waals surface area contributed by atoms with Crippen LogP contribution in [-0.4, -0.2) is 13.1 Å². The molecule has 0 aliphatic heterocycles. The fourth-order valence-corrected chi connectivity index (χ4v) is 2.94. The molecule has 0 aliphatic carbocycles. The number of thioether (sulfide) groups is 1. The van der Waals surface area contributed by atoms with E-state index in [2.05, 4.69) is 0 Å². The molecule has 1 unspecified atom stereocenters. The number of carbonyl (C=O) groups is 1. The average molecular weight is 308 g/mol. The molecule has 0 radical (unpaired) electrons. The molecule has 2 aromatic rings. The molecule has 0 saturated heterocycles. The van der Waals surface area contributed by atoms with Crippen molar-refractivity contribution in [1.82, 2.24) is 0 Å². The van der Waals surface area contributed by atoms with Gasteiger partial charge in [0.25, 0.3) is 0 Å². The number of hydrogen-bond donors (Lipinski definition) is 0. The van der Waals surface area contributed by atoms with Crippen LogP contribution in [0.4, 0.5) is 8.78 Å². The molecule has 0 aliphatic rings. The van der Waals surface area contributed by atoms with Crippen molar-refractivity contribution < 1.29 is 18.3 Å².